The largest absolute Gasteiger partial charge is 0.495 e. The second-order valence-corrected chi connectivity index (χ2v) is 3.88. The maximum absolute atomic E-state index is 9.89. The molecule has 0 saturated heterocycles. The molecule has 2 N–H and O–H groups in total. The minimum absolute atomic E-state index is 0.374. The van der Waals surface area contributed by atoms with E-state index in [1.165, 1.54) is 12.3 Å². The van der Waals surface area contributed by atoms with Crippen LogP contribution in [-0.2, 0) is 0 Å². The molecule has 0 unspecified atom stereocenters. The summed E-state index contributed by atoms with van der Waals surface area (Å²) in [5, 5.41) is 20.2. The SMILES string of the molecule is COc1c2c(nc3occc13)[C@@H](O)[C@@H](O)C=C2. The number of rotatable bonds is 1. The van der Waals surface area contributed by atoms with Gasteiger partial charge in [-0.05, 0) is 6.07 Å². The van der Waals surface area contributed by atoms with Crippen LogP contribution >= 0.6 is 0 Å². The van der Waals surface area contributed by atoms with E-state index in [9.17, 15) is 10.2 Å². The predicted molar refractivity (Wildman–Crippen MR) is 60.6 cm³/mol. The van der Waals surface area contributed by atoms with Crippen LogP contribution in [0.4, 0.5) is 0 Å². The van der Waals surface area contributed by atoms with E-state index < -0.39 is 12.2 Å². The highest BCUT2D eigenvalue weighted by molar-refractivity contribution is 5.87. The van der Waals surface area contributed by atoms with Crippen molar-refractivity contribution in [3.8, 4) is 5.75 Å². The lowest BCUT2D eigenvalue weighted by Crippen LogP contribution is -2.21. The van der Waals surface area contributed by atoms with Gasteiger partial charge in [0.05, 0.1) is 24.5 Å². The Kier molecular flexibility index (Phi) is 2.17. The van der Waals surface area contributed by atoms with Crippen LogP contribution in [0.25, 0.3) is 17.2 Å². The van der Waals surface area contributed by atoms with Crippen LogP contribution in [-0.4, -0.2) is 28.4 Å². The Morgan fingerprint density at radius 1 is 1.41 bits per heavy atom. The lowest BCUT2D eigenvalue weighted by atomic mass is 9.96. The Morgan fingerprint density at radius 2 is 2.24 bits per heavy atom. The number of aliphatic hydroxyl groups excluding tert-OH is 2. The van der Waals surface area contributed by atoms with Gasteiger partial charge in [-0.15, -0.1) is 0 Å². The molecule has 17 heavy (non-hydrogen) atoms. The lowest BCUT2D eigenvalue weighted by Gasteiger charge is -2.22. The highest BCUT2D eigenvalue weighted by atomic mass is 16.5. The molecule has 1 aliphatic rings. The van der Waals surface area contributed by atoms with E-state index in [2.05, 4.69) is 4.98 Å². The molecule has 0 fully saturated rings. The summed E-state index contributed by atoms with van der Waals surface area (Å²) >= 11 is 0. The molecule has 1 aliphatic carbocycles. The Balaban J connectivity index is 2.36. The zero-order valence-electron chi connectivity index (χ0n) is 9.12. The molecule has 0 aliphatic heterocycles. The average molecular weight is 233 g/mol. The maximum atomic E-state index is 9.89. The van der Waals surface area contributed by atoms with Crippen molar-refractivity contribution in [2.45, 2.75) is 12.2 Å². The number of aromatic nitrogens is 1. The molecule has 0 amide bonds. The average Bonchev–Trinajstić information content (AvgIpc) is 2.79. The van der Waals surface area contributed by atoms with Gasteiger partial charge in [0.1, 0.15) is 18.0 Å². The molecule has 2 heterocycles. The van der Waals surface area contributed by atoms with Gasteiger partial charge in [-0.3, -0.25) is 0 Å². The first-order chi connectivity index (χ1) is 8.22. The fraction of sp³-hybridized carbons (Fsp3) is 0.250. The summed E-state index contributed by atoms with van der Waals surface area (Å²) in [5.41, 5.74) is 1.45. The number of hydrogen-bond donors (Lipinski definition) is 2. The molecule has 5 heteroatoms. The standard InChI is InChI=1S/C12H11NO4/c1-16-11-6-2-3-8(14)10(15)9(6)13-12-7(11)4-5-17-12/h2-5,8,10,14-15H,1H3/t8-,10-/m0/s1. The van der Waals surface area contributed by atoms with Gasteiger partial charge in [0.15, 0.2) is 0 Å². The number of pyridine rings is 1. The van der Waals surface area contributed by atoms with E-state index >= 15 is 0 Å². The van der Waals surface area contributed by atoms with Crippen LogP contribution in [0.2, 0.25) is 0 Å². The van der Waals surface area contributed by atoms with E-state index in [0.717, 1.165) is 5.39 Å². The van der Waals surface area contributed by atoms with Gasteiger partial charge in [-0.25, -0.2) is 4.98 Å². The summed E-state index contributed by atoms with van der Waals surface area (Å²) in [5.74, 6) is 0.598. The van der Waals surface area contributed by atoms with Crippen LogP contribution < -0.4 is 4.74 Å². The number of fused-ring (bicyclic) bond motifs is 2. The molecule has 5 nitrogen and oxygen atoms in total. The molecule has 3 rings (SSSR count). The maximum Gasteiger partial charge on any atom is 0.229 e. The van der Waals surface area contributed by atoms with Crippen molar-refractivity contribution in [1.82, 2.24) is 4.98 Å². The summed E-state index contributed by atoms with van der Waals surface area (Å²) in [7, 11) is 1.55. The van der Waals surface area contributed by atoms with E-state index in [4.69, 9.17) is 9.15 Å². The molecule has 0 spiro atoms. The van der Waals surface area contributed by atoms with E-state index in [0.29, 0.717) is 22.7 Å². The molecular formula is C12H11NO4. The first-order valence-electron chi connectivity index (χ1n) is 5.22. The van der Waals surface area contributed by atoms with Crippen molar-refractivity contribution >= 4 is 17.2 Å². The van der Waals surface area contributed by atoms with Crippen LogP contribution in [0.15, 0.2) is 22.8 Å². The van der Waals surface area contributed by atoms with Crippen molar-refractivity contribution in [1.29, 1.82) is 0 Å². The molecule has 2 aromatic heterocycles. The summed E-state index contributed by atoms with van der Waals surface area (Å²) in [6.45, 7) is 0. The molecule has 88 valence electrons. The normalized spacial score (nSPS) is 22.8. The Labute approximate surface area is 97.0 Å². The van der Waals surface area contributed by atoms with Crippen LogP contribution in [0.1, 0.15) is 17.4 Å². The molecule has 2 atom stereocenters. The highest BCUT2D eigenvalue weighted by Gasteiger charge is 2.28. The van der Waals surface area contributed by atoms with Gasteiger partial charge in [-0.2, -0.15) is 0 Å². The lowest BCUT2D eigenvalue weighted by molar-refractivity contribution is 0.0439. The van der Waals surface area contributed by atoms with Gasteiger partial charge in [0, 0.05) is 5.56 Å². The fourth-order valence-electron chi connectivity index (χ4n) is 2.06. The second-order valence-electron chi connectivity index (χ2n) is 3.88. The molecule has 0 radical (unpaired) electrons. The molecule has 2 aromatic rings. The van der Waals surface area contributed by atoms with Gasteiger partial charge in [0.25, 0.3) is 0 Å². The zero-order valence-corrected chi connectivity index (χ0v) is 9.12. The Morgan fingerprint density at radius 3 is 3.00 bits per heavy atom. The van der Waals surface area contributed by atoms with E-state index in [-0.39, 0.29) is 0 Å². The number of furan rings is 1. The minimum Gasteiger partial charge on any atom is -0.495 e. The Bertz CT molecular complexity index is 602. The van der Waals surface area contributed by atoms with Crippen LogP contribution in [0.3, 0.4) is 0 Å². The first kappa shape index (κ1) is 10.3. The van der Waals surface area contributed by atoms with Crippen molar-refractivity contribution in [3.63, 3.8) is 0 Å². The second kappa shape index (κ2) is 3.58. The Hall–Kier alpha value is -1.85. The molecule has 0 bridgehead atoms. The zero-order chi connectivity index (χ0) is 12.0. The number of ether oxygens (including phenoxy) is 1. The van der Waals surface area contributed by atoms with Crippen LogP contribution in [0.5, 0.6) is 5.75 Å². The van der Waals surface area contributed by atoms with Crippen LogP contribution in [0, 0.1) is 0 Å². The summed E-state index contributed by atoms with van der Waals surface area (Å²) < 4.78 is 10.5. The fourth-order valence-corrected chi connectivity index (χ4v) is 2.06. The number of methoxy groups -OCH3 is 1. The molecule has 0 aromatic carbocycles. The number of hydrogen-bond acceptors (Lipinski definition) is 5. The van der Waals surface area contributed by atoms with Crippen molar-refractivity contribution < 1.29 is 19.4 Å². The third-order valence-electron chi connectivity index (χ3n) is 2.90. The predicted octanol–water partition coefficient (Wildman–Crippen LogP) is 1.26. The minimum atomic E-state index is -1.06. The van der Waals surface area contributed by atoms with Gasteiger partial charge >= 0.3 is 0 Å². The third kappa shape index (κ3) is 1.36. The summed E-state index contributed by atoms with van der Waals surface area (Å²) in [6, 6.07) is 1.76. The van der Waals surface area contributed by atoms with Gasteiger partial charge in [-0.1, -0.05) is 12.2 Å². The van der Waals surface area contributed by atoms with E-state index in [1.54, 1.807) is 19.3 Å². The molecular weight excluding hydrogens is 222 g/mol. The summed E-state index contributed by atoms with van der Waals surface area (Å²) in [6.07, 6.45) is 2.72. The van der Waals surface area contributed by atoms with Crippen molar-refractivity contribution in [2.24, 2.45) is 0 Å². The monoisotopic (exact) mass is 233 g/mol. The van der Waals surface area contributed by atoms with Gasteiger partial charge < -0.3 is 19.4 Å². The number of nitrogens with zero attached hydrogens (tertiary/aromatic N) is 1. The molecule has 0 saturated carbocycles. The van der Waals surface area contributed by atoms with E-state index in [1.807, 2.05) is 0 Å². The quantitative estimate of drug-likeness (QED) is 0.775. The summed E-state index contributed by atoms with van der Waals surface area (Å²) in [4.78, 5) is 4.21. The first-order valence-corrected chi connectivity index (χ1v) is 5.22. The van der Waals surface area contributed by atoms with Gasteiger partial charge in [0.2, 0.25) is 5.71 Å². The number of aliphatic hydroxyl groups is 2. The smallest absolute Gasteiger partial charge is 0.229 e. The highest BCUT2D eigenvalue weighted by Crippen LogP contribution is 2.38. The van der Waals surface area contributed by atoms with Crippen molar-refractivity contribution in [3.05, 3.63) is 29.7 Å². The third-order valence-corrected chi connectivity index (χ3v) is 2.90. The van der Waals surface area contributed by atoms with Crippen molar-refractivity contribution in [2.75, 3.05) is 7.11 Å². The topological polar surface area (TPSA) is 75.7 Å².